The van der Waals surface area contributed by atoms with E-state index in [9.17, 15) is 9.59 Å². The zero-order valence-electron chi connectivity index (χ0n) is 11.4. The Morgan fingerprint density at radius 2 is 1.74 bits per heavy atom. The van der Waals surface area contributed by atoms with Gasteiger partial charge in [-0.1, -0.05) is 0 Å². The van der Waals surface area contributed by atoms with Gasteiger partial charge in [0.15, 0.2) is 0 Å². The summed E-state index contributed by atoms with van der Waals surface area (Å²) in [4.78, 5) is 26.8. The molecule has 0 spiro atoms. The van der Waals surface area contributed by atoms with Crippen LogP contribution in [0.1, 0.15) is 13.8 Å². The van der Waals surface area contributed by atoms with Crippen molar-refractivity contribution in [2.45, 2.75) is 19.9 Å². The third kappa shape index (κ3) is 6.96. The van der Waals surface area contributed by atoms with Crippen LogP contribution in [0.2, 0.25) is 0 Å². The highest BCUT2D eigenvalue weighted by molar-refractivity contribution is 5.85. The number of carbonyl (C=O) groups is 2. The van der Waals surface area contributed by atoms with Gasteiger partial charge in [0.25, 0.3) is 0 Å². The molecule has 0 aromatic rings. The molecule has 1 rings (SSSR count). The molecule has 2 amide bonds. The number of nitrogens with two attached hydrogens (primary N) is 1. The monoisotopic (exact) mass is 314 g/mol. The van der Waals surface area contributed by atoms with E-state index in [0.717, 1.165) is 13.1 Å². The molecule has 1 atom stereocenters. The smallest absolute Gasteiger partial charge is 0.239 e. The number of hydrogen-bond acceptors (Lipinski definition) is 4. The summed E-state index contributed by atoms with van der Waals surface area (Å²) in [5.41, 5.74) is 5.55. The highest BCUT2D eigenvalue weighted by Gasteiger charge is 2.23. The van der Waals surface area contributed by atoms with Crippen LogP contribution in [-0.4, -0.2) is 66.9 Å². The van der Waals surface area contributed by atoms with Gasteiger partial charge in [-0.25, -0.2) is 0 Å². The Morgan fingerprint density at radius 3 is 2.16 bits per heavy atom. The highest BCUT2D eigenvalue weighted by atomic mass is 35.5. The minimum absolute atomic E-state index is 0. The van der Waals surface area contributed by atoms with Crippen LogP contribution in [0.3, 0.4) is 0 Å². The van der Waals surface area contributed by atoms with E-state index in [1.54, 1.807) is 11.8 Å². The van der Waals surface area contributed by atoms with Crippen LogP contribution in [0.25, 0.3) is 0 Å². The molecule has 1 fully saturated rings. The number of amides is 2. The van der Waals surface area contributed by atoms with Gasteiger partial charge in [-0.2, -0.15) is 0 Å². The number of piperazine rings is 1. The molecule has 114 valence electrons. The quantitative estimate of drug-likeness (QED) is 0.730. The van der Waals surface area contributed by atoms with Crippen LogP contribution >= 0.6 is 24.8 Å². The third-order valence-electron chi connectivity index (χ3n) is 2.81. The molecule has 3 N–H and O–H groups in total. The zero-order valence-corrected chi connectivity index (χ0v) is 13.1. The molecule has 1 aliphatic rings. The van der Waals surface area contributed by atoms with Crippen molar-refractivity contribution < 1.29 is 9.59 Å². The van der Waals surface area contributed by atoms with E-state index >= 15 is 0 Å². The zero-order chi connectivity index (χ0) is 12.8. The maximum absolute atomic E-state index is 11.6. The number of nitrogens with one attached hydrogen (secondary N) is 1. The Labute approximate surface area is 126 Å². The molecular formula is C11H24Cl2N4O2. The number of halogens is 2. The highest BCUT2D eigenvalue weighted by Crippen LogP contribution is 2.02. The van der Waals surface area contributed by atoms with Gasteiger partial charge in [0.2, 0.25) is 11.8 Å². The topological polar surface area (TPSA) is 78.7 Å². The van der Waals surface area contributed by atoms with Crippen molar-refractivity contribution in [1.82, 2.24) is 15.1 Å². The molecular weight excluding hydrogens is 291 g/mol. The van der Waals surface area contributed by atoms with Gasteiger partial charge < -0.3 is 16.0 Å². The molecule has 0 saturated carbocycles. The molecule has 8 heteroatoms. The molecule has 0 radical (unpaired) electrons. The summed E-state index contributed by atoms with van der Waals surface area (Å²) >= 11 is 0. The molecule has 1 unspecified atom stereocenters. The Hall–Kier alpha value is -0.560. The maximum atomic E-state index is 11.6. The minimum Gasteiger partial charge on any atom is -0.355 e. The molecule has 1 heterocycles. The second-order valence-electron chi connectivity index (χ2n) is 4.34. The molecule has 0 aromatic heterocycles. The average molecular weight is 315 g/mol. The van der Waals surface area contributed by atoms with Crippen LogP contribution in [0.5, 0.6) is 0 Å². The summed E-state index contributed by atoms with van der Waals surface area (Å²) in [5, 5.41) is 2.76. The minimum atomic E-state index is -0.440. The van der Waals surface area contributed by atoms with Crippen LogP contribution in [0.15, 0.2) is 0 Å². The molecule has 19 heavy (non-hydrogen) atoms. The lowest BCUT2D eigenvalue weighted by molar-refractivity contribution is -0.134. The Balaban J connectivity index is 0. The van der Waals surface area contributed by atoms with Crippen LogP contribution in [0.4, 0.5) is 0 Å². The normalized spacial score (nSPS) is 16.9. The fourth-order valence-corrected chi connectivity index (χ4v) is 1.87. The van der Waals surface area contributed by atoms with Crippen molar-refractivity contribution >= 4 is 36.6 Å². The summed E-state index contributed by atoms with van der Waals surface area (Å²) in [5.74, 6) is 0.0297. The maximum Gasteiger partial charge on any atom is 0.239 e. The molecule has 6 nitrogen and oxygen atoms in total. The van der Waals surface area contributed by atoms with E-state index in [1.807, 2.05) is 6.92 Å². The van der Waals surface area contributed by atoms with E-state index in [1.165, 1.54) is 0 Å². The van der Waals surface area contributed by atoms with E-state index < -0.39 is 6.04 Å². The van der Waals surface area contributed by atoms with E-state index in [0.29, 0.717) is 26.2 Å². The Morgan fingerprint density at radius 1 is 1.21 bits per heavy atom. The molecule has 0 aromatic carbocycles. The first-order valence-corrected chi connectivity index (χ1v) is 6.08. The predicted octanol–water partition coefficient (Wildman–Crippen LogP) is -0.542. The fraction of sp³-hybridized carbons (Fsp3) is 0.818. The van der Waals surface area contributed by atoms with Gasteiger partial charge in [-0.05, 0) is 13.8 Å². The van der Waals surface area contributed by atoms with Crippen molar-refractivity contribution in [3.63, 3.8) is 0 Å². The van der Waals surface area contributed by atoms with Gasteiger partial charge >= 0.3 is 0 Å². The standard InChI is InChI=1S/C11H22N4O2.2ClH/c1-3-13-10(16)8-14-4-6-15(7-5-14)11(17)9(2)12;;/h9H,3-8,12H2,1-2H3,(H,13,16);2*1H. The van der Waals surface area contributed by atoms with Crippen molar-refractivity contribution in [2.75, 3.05) is 39.3 Å². The lowest BCUT2D eigenvalue weighted by atomic mass is 10.2. The lowest BCUT2D eigenvalue weighted by Crippen LogP contribution is -2.54. The lowest BCUT2D eigenvalue weighted by Gasteiger charge is -2.35. The van der Waals surface area contributed by atoms with Gasteiger partial charge in [0.05, 0.1) is 12.6 Å². The molecule has 0 bridgehead atoms. The summed E-state index contributed by atoms with van der Waals surface area (Å²) < 4.78 is 0. The van der Waals surface area contributed by atoms with Crippen molar-refractivity contribution in [3.05, 3.63) is 0 Å². The Bertz CT molecular complexity index is 282. The van der Waals surface area contributed by atoms with E-state index in [4.69, 9.17) is 5.73 Å². The number of hydrogen-bond donors (Lipinski definition) is 2. The van der Waals surface area contributed by atoms with E-state index in [-0.39, 0.29) is 36.6 Å². The number of rotatable bonds is 4. The second kappa shape index (κ2) is 10.3. The van der Waals surface area contributed by atoms with Crippen molar-refractivity contribution in [2.24, 2.45) is 5.73 Å². The first-order valence-electron chi connectivity index (χ1n) is 6.08. The number of nitrogens with zero attached hydrogens (tertiary/aromatic N) is 2. The van der Waals surface area contributed by atoms with Crippen molar-refractivity contribution in [3.8, 4) is 0 Å². The SMILES string of the molecule is CCNC(=O)CN1CCN(C(=O)C(C)N)CC1.Cl.Cl. The molecule has 1 aliphatic heterocycles. The fourth-order valence-electron chi connectivity index (χ4n) is 1.87. The number of carbonyl (C=O) groups excluding carboxylic acids is 2. The average Bonchev–Trinajstić information content (AvgIpc) is 2.29. The van der Waals surface area contributed by atoms with Crippen LogP contribution in [-0.2, 0) is 9.59 Å². The van der Waals surface area contributed by atoms with Gasteiger partial charge in [0.1, 0.15) is 0 Å². The number of likely N-dealkylation sites (N-methyl/N-ethyl adjacent to an activating group) is 1. The summed E-state index contributed by atoms with van der Waals surface area (Å²) in [6, 6.07) is -0.440. The summed E-state index contributed by atoms with van der Waals surface area (Å²) in [6.45, 7) is 7.43. The van der Waals surface area contributed by atoms with E-state index in [2.05, 4.69) is 10.2 Å². The predicted molar refractivity (Wildman–Crippen MR) is 79.8 cm³/mol. The third-order valence-corrected chi connectivity index (χ3v) is 2.81. The second-order valence-corrected chi connectivity index (χ2v) is 4.34. The van der Waals surface area contributed by atoms with Crippen molar-refractivity contribution in [1.29, 1.82) is 0 Å². The van der Waals surface area contributed by atoms with Gasteiger partial charge in [-0.15, -0.1) is 24.8 Å². The first kappa shape index (κ1) is 20.8. The molecule has 1 saturated heterocycles. The summed E-state index contributed by atoms with van der Waals surface area (Å²) in [7, 11) is 0. The van der Waals surface area contributed by atoms with Crippen LogP contribution < -0.4 is 11.1 Å². The summed E-state index contributed by atoms with van der Waals surface area (Å²) in [6.07, 6.45) is 0. The van der Waals surface area contributed by atoms with Crippen LogP contribution in [0, 0.1) is 0 Å². The van der Waals surface area contributed by atoms with Gasteiger partial charge in [-0.3, -0.25) is 14.5 Å². The largest absolute Gasteiger partial charge is 0.355 e. The van der Waals surface area contributed by atoms with Gasteiger partial charge in [0, 0.05) is 32.7 Å². The Kier molecular flexibility index (Phi) is 11.2. The first-order chi connectivity index (χ1) is 8.04. The molecule has 0 aliphatic carbocycles.